The number of benzene rings is 1. The third-order valence-electron chi connectivity index (χ3n) is 6.92. The van der Waals surface area contributed by atoms with Gasteiger partial charge in [0.1, 0.15) is 6.10 Å². The Morgan fingerprint density at radius 2 is 1.97 bits per heavy atom. The van der Waals surface area contributed by atoms with E-state index in [9.17, 15) is 4.79 Å². The highest BCUT2D eigenvalue weighted by Gasteiger charge is 2.42. The van der Waals surface area contributed by atoms with Crippen LogP contribution in [-0.4, -0.2) is 75.5 Å². The highest BCUT2D eigenvalue weighted by Crippen LogP contribution is 2.38. The van der Waals surface area contributed by atoms with Crippen LogP contribution in [0.3, 0.4) is 0 Å². The lowest BCUT2D eigenvalue weighted by atomic mass is 9.88. The van der Waals surface area contributed by atoms with Gasteiger partial charge in [0.2, 0.25) is 5.91 Å². The van der Waals surface area contributed by atoms with Crippen molar-refractivity contribution in [2.24, 2.45) is 0 Å². The maximum absolute atomic E-state index is 12.2. The quantitative estimate of drug-likeness (QED) is 0.725. The van der Waals surface area contributed by atoms with Crippen LogP contribution in [0.1, 0.15) is 44.1 Å². The van der Waals surface area contributed by atoms with Crippen molar-refractivity contribution in [1.29, 1.82) is 0 Å². The summed E-state index contributed by atoms with van der Waals surface area (Å²) in [5, 5.41) is 3.04. The van der Waals surface area contributed by atoms with Crippen LogP contribution < -0.4 is 10.2 Å². The van der Waals surface area contributed by atoms with E-state index >= 15 is 0 Å². The molecule has 31 heavy (non-hydrogen) atoms. The first-order valence-corrected chi connectivity index (χ1v) is 11.8. The van der Waals surface area contributed by atoms with Crippen LogP contribution in [0.5, 0.6) is 0 Å². The van der Waals surface area contributed by atoms with Gasteiger partial charge in [-0.25, -0.2) is 0 Å². The number of carbonyl (C=O) groups excluding carboxylic acids is 1. The summed E-state index contributed by atoms with van der Waals surface area (Å²) in [5.41, 5.74) is 2.48. The fourth-order valence-corrected chi connectivity index (χ4v) is 4.88. The summed E-state index contributed by atoms with van der Waals surface area (Å²) >= 11 is 0. The predicted molar refractivity (Wildman–Crippen MR) is 124 cm³/mol. The molecule has 2 unspecified atom stereocenters. The summed E-state index contributed by atoms with van der Waals surface area (Å²) in [6.07, 6.45) is 10.5. The van der Waals surface area contributed by atoms with Gasteiger partial charge in [-0.1, -0.05) is 24.3 Å². The minimum atomic E-state index is -0.252. The first kappa shape index (κ1) is 22.3. The Morgan fingerprint density at radius 3 is 2.65 bits per heavy atom. The zero-order valence-electron chi connectivity index (χ0n) is 19.0. The molecule has 3 aliphatic heterocycles. The van der Waals surface area contributed by atoms with Crippen LogP contribution in [0.25, 0.3) is 6.08 Å². The van der Waals surface area contributed by atoms with Gasteiger partial charge in [0.05, 0.1) is 11.7 Å². The molecule has 0 bridgehead atoms. The van der Waals surface area contributed by atoms with Crippen molar-refractivity contribution in [2.75, 3.05) is 51.8 Å². The SMILES string of the molecule is CN(C)c1ccc(/C=C/CN2CCC3(CCC(CNC(=O)C4CCCO4)O3)CC2)cc1. The molecule has 0 aromatic heterocycles. The number of rotatable bonds is 7. The molecule has 1 spiro atoms. The monoisotopic (exact) mass is 427 g/mol. The van der Waals surface area contributed by atoms with Gasteiger partial charge >= 0.3 is 0 Å². The van der Waals surface area contributed by atoms with E-state index < -0.39 is 0 Å². The van der Waals surface area contributed by atoms with Gasteiger partial charge < -0.3 is 19.7 Å². The molecule has 3 heterocycles. The Morgan fingerprint density at radius 1 is 1.19 bits per heavy atom. The van der Waals surface area contributed by atoms with Crippen molar-refractivity contribution in [3.63, 3.8) is 0 Å². The third-order valence-corrected chi connectivity index (χ3v) is 6.92. The average molecular weight is 428 g/mol. The second kappa shape index (κ2) is 10.2. The smallest absolute Gasteiger partial charge is 0.249 e. The number of carbonyl (C=O) groups is 1. The number of hydrogen-bond acceptors (Lipinski definition) is 5. The fraction of sp³-hybridized carbons (Fsp3) is 0.640. The average Bonchev–Trinajstić information content (AvgIpc) is 3.45. The molecule has 3 aliphatic rings. The second-order valence-corrected chi connectivity index (χ2v) is 9.40. The molecule has 4 rings (SSSR count). The van der Waals surface area contributed by atoms with Crippen LogP contribution in [0.2, 0.25) is 0 Å². The molecule has 3 saturated heterocycles. The number of nitrogens with zero attached hydrogens (tertiary/aromatic N) is 2. The van der Waals surface area contributed by atoms with Crippen LogP contribution in [0.4, 0.5) is 5.69 Å². The minimum absolute atomic E-state index is 0.0154. The molecule has 1 N–H and O–H groups in total. The van der Waals surface area contributed by atoms with Crippen LogP contribution in [0.15, 0.2) is 30.3 Å². The number of piperidine rings is 1. The summed E-state index contributed by atoms with van der Waals surface area (Å²) in [6.45, 7) is 4.43. The van der Waals surface area contributed by atoms with Gasteiger partial charge in [0.15, 0.2) is 0 Å². The minimum Gasteiger partial charge on any atom is -0.378 e. The highest BCUT2D eigenvalue weighted by molar-refractivity contribution is 5.80. The van der Waals surface area contributed by atoms with E-state index in [-0.39, 0.29) is 23.7 Å². The lowest BCUT2D eigenvalue weighted by molar-refractivity contribution is -0.131. The van der Waals surface area contributed by atoms with Gasteiger partial charge in [0.25, 0.3) is 0 Å². The molecule has 0 saturated carbocycles. The first-order chi connectivity index (χ1) is 15.0. The summed E-state index contributed by atoms with van der Waals surface area (Å²) in [4.78, 5) is 16.8. The van der Waals surface area contributed by atoms with E-state index in [1.54, 1.807) is 0 Å². The predicted octanol–water partition coefficient (Wildman–Crippen LogP) is 3.07. The Balaban J connectivity index is 1.17. The lowest BCUT2D eigenvalue weighted by Gasteiger charge is -2.38. The summed E-state index contributed by atoms with van der Waals surface area (Å²) in [7, 11) is 4.12. The number of amides is 1. The van der Waals surface area contributed by atoms with Gasteiger partial charge in [-0.2, -0.15) is 0 Å². The summed E-state index contributed by atoms with van der Waals surface area (Å²) in [5.74, 6) is 0.0278. The normalized spacial score (nSPS) is 26.0. The zero-order chi connectivity index (χ0) is 21.7. The number of likely N-dealkylation sites (tertiary alicyclic amines) is 1. The van der Waals surface area contributed by atoms with Crippen molar-refractivity contribution in [1.82, 2.24) is 10.2 Å². The summed E-state index contributed by atoms with van der Waals surface area (Å²) in [6, 6.07) is 8.64. The molecule has 6 nitrogen and oxygen atoms in total. The third kappa shape index (κ3) is 5.88. The maximum Gasteiger partial charge on any atom is 0.249 e. The Kier molecular flexibility index (Phi) is 7.31. The Labute approximate surface area is 186 Å². The molecule has 3 fully saturated rings. The largest absolute Gasteiger partial charge is 0.378 e. The topological polar surface area (TPSA) is 54.0 Å². The molecular formula is C25H37N3O3. The Bertz CT molecular complexity index is 748. The van der Waals surface area contributed by atoms with Gasteiger partial charge in [-0.3, -0.25) is 9.69 Å². The van der Waals surface area contributed by atoms with Gasteiger partial charge in [0, 0.05) is 52.6 Å². The molecule has 6 heteroatoms. The molecule has 1 aromatic rings. The van der Waals surface area contributed by atoms with E-state index in [1.165, 1.54) is 11.3 Å². The van der Waals surface area contributed by atoms with E-state index in [1.807, 2.05) is 0 Å². The number of anilines is 1. The van der Waals surface area contributed by atoms with Crippen molar-refractivity contribution >= 4 is 17.7 Å². The van der Waals surface area contributed by atoms with Crippen molar-refractivity contribution in [3.8, 4) is 0 Å². The first-order valence-electron chi connectivity index (χ1n) is 11.8. The fourth-order valence-electron chi connectivity index (χ4n) is 4.88. The number of ether oxygens (including phenoxy) is 2. The molecule has 170 valence electrons. The molecule has 1 aromatic carbocycles. The summed E-state index contributed by atoms with van der Waals surface area (Å²) < 4.78 is 11.9. The lowest BCUT2D eigenvalue weighted by Crippen LogP contribution is -2.45. The Hall–Kier alpha value is -1.89. The van der Waals surface area contributed by atoms with Crippen LogP contribution in [0, 0.1) is 0 Å². The molecule has 2 atom stereocenters. The van der Waals surface area contributed by atoms with E-state index in [2.05, 4.69) is 65.6 Å². The van der Waals surface area contributed by atoms with E-state index in [0.29, 0.717) is 13.2 Å². The molecule has 0 aliphatic carbocycles. The van der Waals surface area contributed by atoms with Crippen molar-refractivity contribution in [3.05, 3.63) is 35.9 Å². The van der Waals surface area contributed by atoms with E-state index in [0.717, 1.165) is 58.2 Å². The molecule has 1 amide bonds. The van der Waals surface area contributed by atoms with Crippen LogP contribution in [-0.2, 0) is 14.3 Å². The molecule has 0 radical (unpaired) electrons. The van der Waals surface area contributed by atoms with Gasteiger partial charge in [-0.15, -0.1) is 0 Å². The van der Waals surface area contributed by atoms with E-state index in [4.69, 9.17) is 9.47 Å². The zero-order valence-corrected chi connectivity index (χ0v) is 19.0. The maximum atomic E-state index is 12.2. The standard InChI is InChI=1S/C25H37N3O3/c1-27(2)21-9-7-20(8-10-21)5-3-15-28-16-13-25(14-17-28)12-11-22(31-25)19-26-24(29)23-6-4-18-30-23/h3,5,7-10,22-23H,4,6,11-19H2,1-2H3,(H,26,29)/b5-3+. The van der Waals surface area contributed by atoms with Crippen LogP contribution >= 0.6 is 0 Å². The second-order valence-electron chi connectivity index (χ2n) is 9.40. The van der Waals surface area contributed by atoms with Gasteiger partial charge in [-0.05, 0) is 56.2 Å². The van der Waals surface area contributed by atoms with Crippen molar-refractivity contribution in [2.45, 2.75) is 56.3 Å². The molecular weight excluding hydrogens is 390 g/mol. The number of hydrogen-bond donors (Lipinski definition) is 1. The highest BCUT2D eigenvalue weighted by atomic mass is 16.5. The van der Waals surface area contributed by atoms with Crippen molar-refractivity contribution < 1.29 is 14.3 Å². The number of nitrogens with one attached hydrogen (secondary N) is 1.